The highest BCUT2D eigenvalue weighted by Crippen LogP contribution is 2.40. The second kappa shape index (κ2) is 7.05. The summed E-state index contributed by atoms with van der Waals surface area (Å²) in [5, 5.41) is 12.0. The van der Waals surface area contributed by atoms with Crippen LogP contribution in [-0.2, 0) is 4.84 Å². The number of aromatic nitrogens is 3. The first-order valence-corrected chi connectivity index (χ1v) is 9.56. The van der Waals surface area contributed by atoms with E-state index in [9.17, 15) is 4.79 Å². The normalized spacial score (nSPS) is 22.7. The van der Waals surface area contributed by atoms with Crippen molar-refractivity contribution in [3.63, 3.8) is 0 Å². The van der Waals surface area contributed by atoms with E-state index in [2.05, 4.69) is 22.1 Å². The highest BCUT2D eigenvalue weighted by atomic mass is 32.1. The lowest BCUT2D eigenvalue weighted by molar-refractivity contribution is -0.130. The van der Waals surface area contributed by atoms with Gasteiger partial charge in [0, 0.05) is 24.5 Å². The van der Waals surface area contributed by atoms with E-state index in [0.29, 0.717) is 13.2 Å². The summed E-state index contributed by atoms with van der Waals surface area (Å²) in [6.45, 7) is 3.42. The molecule has 0 aromatic carbocycles. The Morgan fingerprint density at radius 2 is 2.12 bits per heavy atom. The molecule has 2 fully saturated rings. The third-order valence-corrected chi connectivity index (χ3v) is 5.78. The molecule has 4 rings (SSSR count). The van der Waals surface area contributed by atoms with Crippen LogP contribution in [0.15, 0.2) is 24.5 Å². The van der Waals surface area contributed by atoms with Crippen LogP contribution in [0, 0.1) is 0 Å². The molecule has 2 bridgehead atoms. The van der Waals surface area contributed by atoms with Crippen LogP contribution in [0.4, 0.5) is 4.79 Å². The summed E-state index contributed by atoms with van der Waals surface area (Å²) in [5.41, 5.74) is 1.00. The van der Waals surface area contributed by atoms with Crippen molar-refractivity contribution in [2.75, 3.05) is 13.2 Å². The van der Waals surface area contributed by atoms with Crippen molar-refractivity contribution in [2.24, 2.45) is 0 Å². The van der Waals surface area contributed by atoms with Gasteiger partial charge in [-0.1, -0.05) is 24.7 Å². The van der Waals surface area contributed by atoms with Crippen molar-refractivity contribution in [2.45, 2.75) is 44.7 Å². The summed E-state index contributed by atoms with van der Waals surface area (Å²) < 4.78 is 0. The minimum atomic E-state index is -0.0377. The molecular formula is C17H21N5O2S. The van der Waals surface area contributed by atoms with Gasteiger partial charge in [-0.25, -0.2) is 4.79 Å². The molecule has 2 saturated heterocycles. The quantitative estimate of drug-likeness (QED) is 0.740. The second-order valence-corrected chi connectivity index (χ2v) is 7.38. The largest absolute Gasteiger partial charge is 0.344 e. The Morgan fingerprint density at radius 3 is 2.92 bits per heavy atom. The van der Waals surface area contributed by atoms with Crippen LogP contribution < -0.4 is 0 Å². The highest BCUT2D eigenvalue weighted by molar-refractivity contribution is 7.14. The summed E-state index contributed by atoms with van der Waals surface area (Å²) in [5.74, 6) is 0. The van der Waals surface area contributed by atoms with Gasteiger partial charge >= 0.3 is 6.03 Å². The first kappa shape index (κ1) is 16.4. The molecule has 132 valence electrons. The molecule has 0 spiro atoms. The monoisotopic (exact) mass is 359 g/mol. The van der Waals surface area contributed by atoms with E-state index in [4.69, 9.17) is 4.84 Å². The molecule has 0 radical (unpaired) electrons. The number of hydrogen-bond acceptors (Lipinski definition) is 6. The van der Waals surface area contributed by atoms with E-state index in [-0.39, 0.29) is 18.1 Å². The predicted molar refractivity (Wildman–Crippen MR) is 93.7 cm³/mol. The Balaban J connectivity index is 1.50. The average molecular weight is 359 g/mol. The highest BCUT2D eigenvalue weighted by Gasteiger charge is 2.47. The fourth-order valence-electron chi connectivity index (χ4n) is 3.34. The molecule has 0 N–H and O–H groups in total. The Hall–Kier alpha value is -2.06. The average Bonchev–Trinajstić information content (AvgIpc) is 3.23. The van der Waals surface area contributed by atoms with Crippen LogP contribution in [0.1, 0.15) is 43.7 Å². The van der Waals surface area contributed by atoms with Gasteiger partial charge in [-0.2, -0.15) is 5.06 Å². The van der Waals surface area contributed by atoms with Gasteiger partial charge in [0.15, 0.2) is 0 Å². The molecular weight excluding hydrogens is 338 g/mol. The fraction of sp³-hybridized carbons (Fsp3) is 0.529. The molecule has 2 aromatic heterocycles. The van der Waals surface area contributed by atoms with Gasteiger partial charge in [-0.05, 0) is 31.4 Å². The molecule has 0 aliphatic carbocycles. The summed E-state index contributed by atoms with van der Waals surface area (Å²) in [4.78, 5) is 24.4. The van der Waals surface area contributed by atoms with E-state index < -0.39 is 0 Å². The first-order valence-electron chi connectivity index (χ1n) is 8.74. The molecule has 2 amide bonds. The third kappa shape index (κ3) is 3.11. The van der Waals surface area contributed by atoms with Gasteiger partial charge in [0.2, 0.25) is 0 Å². The number of unbranched alkanes of at least 4 members (excludes halogenated alkanes) is 1. The number of urea groups is 1. The van der Waals surface area contributed by atoms with Crippen LogP contribution in [0.5, 0.6) is 0 Å². The van der Waals surface area contributed by atoms with E-state index in [0.717, 1.165) is 41.3 Å². The SMILES string of the molecule is CCCCON1C(=O)N2C[C@@H]1CC[C@H]2c1nnc(-c2ccncc2)s1. The van der Waals surface area contributed by atoms with Gasteiger partial charge in [0.05, 0.1) is 18.7 Å². The summed E-state index contributed by atoms with van der Waals surface area (Å²) in [6, 6.07) is 3.96. The van der Waals surface area contributed by atoms with Crippen LogP contribution in [0.25, 0.3) is 10.6 Å². The maximum Gasteiger partial charge on any atom is 0.344 e. The number of rotatable bonds is 6. The van der Waals surface area contributed by atoms with Gasteiger partial charge in [-0.3, -0.25) is 9.82 Å². The zero-order valence-electron chi connectivity index (χ0n) is 14.2. The van der Waals surface area contributed by atoms with Gasteiger partial charge in [-0.15, -0.1) is 10.2 Å². The number of hydrogen-bond donors (Lipinski definition) is 0. The topological polar surface area (TPSA) is 71.5 Å². The molecule has 2 aliphatic heterocycles. The molecule has 2 aromatic rings. The Morgan fingerprint density at radius 1 is 1.28 bits per heavy atom. The molecule has 7 nitrogen and oxygen atoms in total. The molecule has 0 saturated carbocycles. The fourth-order valence-corrected chi connectivity index (χ4v) is 4.34. The van der Waals surface area contributed by atoms with Crippen molar-refractivity contribution in [1.29, 1.82) is 0 Å². The van der Waals surface area contributed by atoms with Crippen molar-refractivity contribution in [1.82, 2.24) is 25.1 Å². The van der Waals surface area contributed by atoms with Gasteiger partial charge in [0.25, 0.3) is 0 Å². The Labute approximate surface area is 150 Å². The maximum atomic E-state index is 12.7. The number of carbonyl (C=O) groups excluding carboxylic acids is 1. The van der Waals surface area contributed by atoms with Crippen LogP contribution in [0.3, 0.4) is 0 Å². The minimum Gasteiger partial charge on any atom is -0.311 e. The lowest BCUT2D eigenvalue weighted by Crippen LogP contribution is -2.34. The van der Waals surface area contributed by atoms with Crippen molar-refractivity contribution >= 4 is 17.4 Å². The van der Waals surface area contributed by atoms with Crippen LogP contribution >= 0.6 is 11.3 Å². The minimum absolute atomic E-state index is 0.00314. The lowest BCUT2D eigenvalue weighted by Gasteiger charge is -2.28. The summed E-state index contributed by atoms with van der Waals surface area (Å²) >= 11 is 1.55. The Kier molecular flexibility index (Phi) is 4.63. The number of piperidine rings is 1. The number of carbonyl (C=O) groups is 1. The van der Waals surface area contributed by atoms with E-state index in [1.54, 1.807) is 28.8 Å². The van der Waals surface area contributed by atoms with Crippen molar-refractivity contribution < 1.29 is 9.63 Å². The molecule has 2 atom stereocenters. The van der Waals surface area contributed by atoms with Crippen molar-refractivity contribution in [3.05, 3.63) is 29.5 Å². The number of fused-ring (bicyclic) bond motifs is 2. The number of hydroxylamine groups is 2. The number of amides is 2. The molecule has 0 unspecified atom stereocenters. The summed E-state index contributed by atoms with van der Waals surface area (Å²) in [7, 11) is 0. The van der Waals surface area contributed by atoms with E-state index in [1.807, 2.05) is 17.0 Å². The first-order chi connectivity index (χ1) is 12.3. The summed E-state index contributed by atoms with van der Waals surface area (Å²) in [6.07, 6.45) is 7.35. The van der Waals surface area contributed by atoms with Crippen molar-refractivity contribution in [3.8, 4) is 10.6 Å². The zero-order valence-corrected chi connectivity index (χ0v) is 15.0. The standard InChI is InChI=1S/C17H21N5O2S/c1-2-3-10-24-22-13-4-5-14(21(11-13)17(22)23)16-20-19-15(25-16)12-6-8-18-9-7-12/h6-9,13-14H,2-5,10-11H2,1H3/t13-,14-/m0/s1. The number of pyridine rings is 1. The zero-order chi connectivity index (χ0) is 17.2. The smallest absolute Gasteiger partial charge is 0.311 e. The van der Waals surface area contributed by atoms with Crippen LogP contribution in [0.2, 0.25) is 0 Å². The lowest BCUT2D eigenvalue weighted by atomic mass is 10.0. The second-order valence-electron chi connectivity index (χ2n) is 6.38. The van der Waals surface area contributed by atoms with Gasteiger partial charge in [0.1, 0.15) is 10.0 Å². The van der Waals surface area contributed by atoms with Crippen LogP contribution in [-0.4, -0.2) is 50.4 Å². The molecule has 2 aliphatic rings. The molecule has 25 heavy (non-hydrogen) atoms. The van der Waals surface area contributed by atoms with E-state index in [1.165, 1.54) is 0 Å². The van der Waals surface area contributed by atoms with Gasteiger partial charge < -0.3 is 4.90 Å². The Bertz CT molecular complexity index is 738. The predicted octanol–water partition coefficient (Wildman–Crippen LogP) is 3.27. The number of nitrogens with zero attached hydrogens (tertiary/aromatic N) is 5. The third-order valence-electron chi connectivity index (χ3n) is 4.70. The molecule has 8 heteroatoms. The maximum absolute atomic E-state index is 12.7. The van der Waals surface area contributed by atoms with E-state index >= 15 is 0 Å². The molecule has 4 heterocycles.